The van der Waals surface area contributed by atoms with Crippen molar-refractivity contribution in [2.45, 2.75) is 33.1 Å². The highest BCUT2D eigenvalue weighted by Gasteiger charge is 2.23. The Bertz CT molecular complexity index is 837. The molecule has 8 heteroatoms. The van der Waals surface area contributed by atoms with Gasteiger partial charge in [-0.15, -0.1) is 11.3 Å². The van der Waals surface area contributed by atoms with E-state index in [2.05, 4.69) is 15.8 Å². The molecule has 0 aliphatic carbocycles. The molecule has 0 radical (unpaired) electrons. The Morgan fingerprint density at radius 2 is 2.04 bits per heavy atom. The highest BCUT2D eigenvalue weighted by molar-refractivity contribution is 7.09. The topological polar surface area (TPSA) is 74.3 Å². The van der Waals surface area contributed by atoms with Crippen molar-refractivity contribution < 1.29 is 14.0 Å². The van der Waals surface area contributed by atoms with Gasteiger partial charge in [-0.05, 0) is 38.3 Å². The van der Waals surface area contributed by atoms with Gasteiger partial charge in [-0.1, -0.05) is 6.07 Å². The molecule has 0 fully saturated rings. The van der Waals surface area contributed by atoms with E-state index >= 15 is 0 Å². The molecule has 2 heterocycles. The lowest BCUT2D eigenvalue weighted by Crippen LogP contribution is -2.48. The summed E-state index contributed by atoms with van der Waals surface area (Å²) < 4.78 is 14.0. The molecule has 6 nitrogen and oxygen atoms in total. The van der Waals surface area contributed by atoms with Crippen LogP contribution in [0.2, 0.25) is 0 Å². The number of benzene rings is 1. The standard InChI is InChI=1S/C18H21FN4O2S/c1-11-5-6-14(19)13-4-3-7-23(18(11)13)9-16(25)22-21-15(24)8-17-20-12(2)10-26-17/h5-6,10H,3-4,7-9H2,1-2H3,(H,21,24)(H,22,25). The lowest BCUT2D eigenvalue weighted by molar-refractivity contribution is -0.127. The number of halogens is 1. The van der Waals surface area contributed by atoms with E-state index in [1.54, 1.807) is 6.07 Å². The number of hydrogen-bond acceptors (Lipinski definition) is 5. The smallest absolute Gasteiger partial charge is 0.257 e. The zero-order valence-corrected chi connectivity index (χ0v) is 15.6. The van der Waals surface area contributed by atoms with Crippen LogP contribution in [0.1, 0.15) is 28.2 Å². The second kappa shape index (κ2) is 7.82. The van der Waals surface area contributed by atoms with Gasteiger partial charge >= 0.3 is 0 Å². The molecule has 26 heavy (non-hydrogen) atoms. The predicted molar refractivity (Wildman–Crippen MR) is 98.5 cm³/mol. The van der Waals surface area contributed by atoms with E-state index in [1.165, 1.54) is 17.4 Å². The van der Waals surface area contributed by atoms with E-state index in [0.717, 1.165) is 23.4 Å². The summed E-state index contributed by atoms with van der Waals surface area (Å²) in [6.07, 6.45) is 1.58. The molecule has 2 amide bonds. The molecule has 1 aromatic heterocycles. The number of anilines is 1. The zero-order valence-electron chi connectivity index (χ0n) is 14.8. The number of nitrogens with one attached hydrogen (secondary N) is 2. The van der Waals surface area contributed by atoms with E-state index in [4.69, 9.17) is 0 Å². The molecule has 3 rings (SSSR count). The maximum atomic E-state index is 14.0. The fraction of sp³-hybridized carbons (Fsp3) is 0.389. The summed E-state index contributed by atoms with van der Waals surface area (Å²) in [7, 11) is 0. The van der Waals surface area contributed by atoms with Crippen molar-refractivity contribution in [2.75, 3.05) is 18.0 Å². The van der Waals surface area contributed by atoms with E-state index in [1.807, 2.05) is 24.1 Å². The Balaban J connectivity index is 1.56. The molecular formula is C18H21FN4O2S. The normalized spacial score (nSPS) is 13.3. The van der Waals surface area contributed by atoms with Gasteiger partial charge in [0, 0.05) is 28.9 Å². The third-order valence-corrected chi connectivity index (χ3v) is 5.22. The molecule has 1 aliphatic rings. The largest absolute Gasteiger partial charge is 0.362 e. The number of aryl methyl sites for hydroxylation is 2. The molecule has 2 N–H and O–H groups in total. The average Bonchev–Trinajstić information content (AvgIpc) is 3.01. The fourth-order valence-corrected chi connectivity index (χ4v) is 3.91. The number of fused-ring (bicyclic) bond motifs is 1. The first-order chi connectivity index (χ1) is 12.4. The molecule has 1 aliphatic heterocycles. The van der Waals surface area contributed by atoms with Gasteiger partial charge < -0.3 is 4.90 Å². The lowest BCUT2D eigenvalue weighted by atomic mass is 9.97. The summed E-state index contributed by atoms with van der Waals surface area (Å²) in [6, 6.07) is 3.19. The second-order valence-corrected chi connectivity index (χ2v) is 7.31. The summed E-state index contributed by atoms with van der Waals surface area (Å²) >= 11 is 1.41. The quantitative estimate of drug-likeness (QED) is 0.801. The Hall–Kier alpha value is -2.48. The van der Waals surface area contributed by atoms with Crippen molar-refractivity contribution in [1.82, 2.24) is 15.8 Å². The van der Waals surface area contributed by atoms with Crippen LogP contribution in [0.4, 0.5) is 10.1 Å². The Labute approximate surface area is 155 Å². The van der Waals surface area contributed by atoms with Gasteiger partial charge in [0.1, 0.15) is 10.8 Å². The lowest BCUT2D eigenvalue weighted by Gasteiger charge is -2.32. The minimum Gasteiger partial charge on any atom is -0.362 e. The first-order valence-corrected chi connectivity index (χ1v) is 9.33. The SMILES string of the molecule is Cc1csc(CC(=O)NNC(=O)CN2CCCc3c(F)ccc(C)c32)n1. The number of aromatic nitrogens is 1. The highest BCUT2D eigenvalue weighted by Crippen LogP contribution is 2.32. The van der Waals surface area contributed by atoms with Crippen LogP contribution in [0, 0.1) is 19.7 Å². The van der Waals surface area contributed by atoms with Crippen molar-refractivity contribution >= 4 is 28.8 Å². The number of carbonyl (C=O) groups excluding carboxylic acids is 2. The summed E-state index contributed by atoms with van der Waals surface area (Å²) in [5.74, 6) is -0.901. The monoisotopic (exact) mass is 376 g/mol. The van der Waals surface area contributed by atoms with Gasteiger partial charge in [0.2, 0.25) is 5.91 Å². The summed E-state index contributed by atoms with van der Waals surface area (Å²) in [6.45, 7) is 4.51. The predicted octanol–water partition coefficient (Wildman–Crippen LogP) is 2.04. The molecular weight excluding hydrogens is 355 g/mol. The van der Waals surface area contributed by atoms with Crippen molar-refractivity contribution in [3.63, 3.8) is 0 Å². The minimum absolute atomic E-state index is 0.0634. The van der Waals surface area contributed by atoms with Crippen molar-refractivity contribution in [3.8, 4) is 0 Å². The first-order valence-electron chi connectivity index (χ1n) is 8.45. The van der Waals surface area contributed by atoms with Crippen LogP contribution in [0.15, 0.2) is 17.5 Å². The molecule has 0 spiro atoms. The maximum Gasteiger partial charge on any atom is 0.257 e. The number of hydrazine groups is 1. The van der Waals surface area contributed by atoms with Gasteiger partial charge in [-0.2, -0.15) is 0 Å². The van der Waals surface area contributed by atoms with Gasteiger partial charge in [-0.3, -0.25) is 20.4 Å². The molecule has 1 aromatic carbocycles. The maximum absolute atomic E-state index is 14.0. The molecule has 0 bridgehead atoms. The number of carbonyl (C=O) groups is 2. The molecule has 0 saturated carbocycles. The van der Waals surface area contributed by atoms with Crippen LogP contribution in [0.5, 0.6) is 0 Å². The summed E-state index contributed by atoms with van der Waals surface area (Å²) in [5, 5.41) is 2.57. The van der Waals surface area contributed by atoms with Crippen molar-refractivity contribution in [2.24, 2.45) is 0 Å². The van der Waals surface area contributed by atoms with Gasteiger partial charge in [-0.25, -0.2) is 9.37 Å². The number of amides is 2. The molecule has 0 saturated heterocycles. The molecule has 138 valence electrons. The molecule has 2 aromatic rings. The molecule has 0 atom stereocenters. The number of thiazole rings is 1. The molecule has 0 unspecified atom stereocenters. The summed E-state index contributed by atoms with van der Waals surface area (Å²) in [5.41, 5.74) is 8.09. The first kappa shape index (κ1) is 18.3. The summed E-state index contributed by atoms with van der Waals surface area (Å²) in [4.78, 5) is 30.2. The third-order valence-electron chi connectivity index (χ3n) is 4.25. The van der Waals surface area contributed by atoms with Crippen molar-refractivity contribution in [1.29, 1.82) is 0 Å². The van der Waals surface area contributed by atoms with E-state index in [0.29, 0.717) is 23.5 Å². The number of hydrogen-bond donors (Lipinski definition) is 2. The second-order valence-electron chi connectivity index (χ2n) is 6.37. The van der Waals surface area contributed by atoms with Crippen LogP contribution < -0.4 is 15.8 Å². The third kappa shape index (κ3) is 4.19. The number of nitrogens with zero attached hydrogens (tertiary/aromatic N) is 2. The van der Waals surface area contributed by atoms with Gasteiger partial charge in [0.05, 0.1) is 13.0 Å². The Morgan fingerprint density at radius 1 is 1.27 bits per heavy atom. The van der Waals surface area contributed by atoms with Crippen LogP contribution in [-0.2, 0) is 22.4 Å². The van der Waals surface area contributed by atoms with Crippen LogP contribution in [0.25, 0.3) is 0 Å². The van der Waals surface area contributed by atoms with E-state index in [-0.39, 0.29) is 30.6 Å². The minimum atomic E-state index is -0.342. The zero-order chi connectivity index (χ0) is 18.7. The van der Waals surface area contributed by atoms with E-state index < -0.39 is 0 Å². The Kier molecular flexibility index (Phi) is 5.51. The van der Waals surface area contributed by atoms with Crippen LogP contribution in [-0.4, -0.2) is 29.9 Å². The Morgan fingerprint density at radius 3 is 2.77 bits per heavy atom. The van der Waals surface area contributed by atoms with E-state index in [9.17, 15) is 14.0 Å². The average molecular weight is 376 g/mol. The highest BCUT2D eigenvalue weighted by atomic mass is 32.1. The van der Waals surface area contributed by atoms with Gasteiger partial charge in [0.15, 0.2) is 0 Å². The van der Waals surface area contributed by atoms with Crippen LogP contribution >= 0.6 is 11.3 Å². The van der Waals surface area contributed by atoms with Crippen molar-refractivity contribution in [3.05, 3.63) is 45.2 Å². The van der Waals surface area contributed by atoms with Crippen LogP contribution in [0.3, 0.4) is 0 Å². The fourth-order valence-electron chi connectivity index (χ4n) is 3.14. The van der Waals surface area contributed by atoms with Gasteiger partial charge in [0.25, 0.3) is 5.91 Å². The number of rotatable bonds is 4.